The SMILES string of the molecule is CCN1CCC(C(C)(C)OCCc2ccc3[nH]cc(NC(C)=O)c3c2)C1. The maximum absolute atomic E-state index is 11.3. The van der Waals surface area contributed by atoms with Crippen LogP contribution in [0.2, 0.25) is 0 Å². The lowest BCUT2D eigenvalue weighted by molar-refractivity contribution is -0.114. The second-order valence-corrected chi connectivity index (χ2v) is 7.84. The fourth-order valence-electron chi connectivity index (χ4n) is 3.85. The monoisotopic (exact) mass is 357 g/mol. The lowest BCUT2D eigenvalue weighted by Crippen LogP contribution is -2.37. The Labute approximate surface area is 156 Å². The van der Waals surface area contributed by atoms with Gasteiger partial charge >= 0.3 is 0 Å². The Bertz CT molecular complexity index is 766. The summed E-state index contributed by atoms with van der Waals surface area (Å²) >= 11 is 0. The summed E-state index contributed by atoms with van der Waals surface area (Å²) in [6.07, 6.45) is 3.93. The summed E-state index contributed by atoms with van der Waals surface area (Å²) in [5.74, 6) is 0.542. The van der Waals surface area contributed by atoms with Crippen LogP contribution in [-0.2, 0) is 16.0 Å². The van der Waals surface area contributed by atoms with E-state index < -0.39 is 0 Å². The summed E-state index contributed by atoms with van der Waals surface area (Å²) in [5.41, 5.74) is 3.00. The number of rotatable bonds is 7. The summed E-state index contributed by atoms with van der Waals surface area (Å²) < 4.78 is 6.29. The van der Waals surface area contributed by atoms with Crippen LogP contribution in [0.15, 0.2) is 24.4 Å². The molecule has 1 amide bonds. The van der Waals surface area contributed by atoms with E-state index in [1.807, 2.05) is 6.20 Å². The van der Waals surface area contributed by atoms with Gasteiger partial charge in [0.1, 0.15) is 0 Å². The Hall–Kier alpha value is -1.85. The van der Waals surface area contributed by atoms with Gasteiger partial charge in [0, 0.05) is 36.5 Å². The molecule has 1 atom stereocenters. The quantitative estimate of drug-likeness (QED) is 0.792. The zero-order chi connectivity index (χ0) is 18.7. The molecule has 3 rings (SSSR count). The Morgan fingerprint density at radius 2 is 2.23 bits per heavy atom. The van der Waals surface area contributed by atoms with E-state index in [0.29, 0.717) is 12.5 Å². The maximum Gasteiger partial charge on any atom is 0.221 e. The first-order valence-corrected chi connectivity index (χ1v) is 9.63. The van der Waals surface area contributed by atoms with Crippen molar-refractivity contribution in [1.82, 2.24) is 9.88 Å². The van der Waals surface area contributed by atoms with Gasteiger partial charge in [-0.05, 0) is 57.5 Å². The van der Waals surface area contributed by atoms with Crippen molar-refractivity contribution in [1.29, 1.82) is 0 Å². The van der Waals surface area contributed by atoms with Gasteiger partial charge in [-0.15, -0.1) is 0 Å². The molecule has 1 aromatic heterocycles. The average Bonchev–Trinajstić information content (AvgIpc) is 3.22. The van der Waals surface area contributed by atoms with Crippen LogP contribution < -0.4 is 5.32 Å². The first-order valence-electron chi connectivity index (χ1n) is 9.63. The van der Waals surface area contributed by atoms with E-state index >= 15 is 0 Å². The average molecular weight is 357 g/mol. The van der Waals surface area contributed by atoms with Crippen LogP contribution in [0.1, 0.15) is 39.7 Å². The van der Waals surface area contributed by atoms with E-state index in [1.54, 1.807) is 0 Å². The molecule has 26 heavy (non-hydrogen) atoms. The number of aromatic amines is 1. The van der Waals surface area contributed by atoms with Gasteiger partial charge in [0.15, 0.2) is 0 Å². The fraction of sp³-hybridized carbons (Fsp3) is 0.571. The summed E-state index contributed by atoms with van der Waals surface area (Å²) in [7, 11) is 0. The van der Waals surface area contributed by atoms with Crippen molar-refractivity contribution in [2.45, 2.75) is 46.1 Å². The zero-order valence-corrected chi connectivity index (χ0v) is 16.4. The second-order valence-electron chi connectivity index (χ2n) is 7.84. The van der Waals surface area contributed by atoms with Crippen molar-refractivity contribution in [3.8, 4) is 0 Å². The molecule has 1 unspecified atom stereocenters. The van der Waals surface area contributed by atoms with E-state index in [9.17, 15) is 4.79 Å². The molecule has 0 radical (unpaired) electrons. The van der Waals surface area contributed by atoms with Crippen LogP contribution in [0.4, 0.5) is 5.69 Å². The highest BCUT2D eigenvalue weighted by Gasteiger charge is 2.35. The first kappa shape index (κ1) is 18.9. The minimum absolute atomic E-state index is 0.0564. The molecular formula is C21H31N3O2. The van der Waals surface area contributed by atoms with Gasteiger partial charge in [0.05, 0.1) is 17.9 Å². The summed E-state index contributed by atoms with van der Waals surface area (Å²) in [5, 5.41) is 3.92. The number of anilines is 1. The molecule has 1 aliphatic rings. The molecule has 2 heterocycles. The number of H-pyrrole nitrogens is 1. The molecule has 0 bridgehead atoms. The maximum atomic E-state index is 11.3. The number of benzene rings is 1. The fourth-order valence-corrected chi connectivity index (χ4v) is 3.85. The number of aromatic nitrogens is 1. The van der Waals surface area contributed by atoms with Crippen LogP contribution >= 0.6 is 0 Å². The van der Waals surface area contributed by atoms with Crippen LogP contribution in [0.3, 0.4) is 0 Å². The summed E-state index contributed by atoms with van der Waals surface area (Å²) in [6.45, 7) is 12.4. The van der Waals surface area contributed by atoms with Crippen molar-refractivity contribution in [2.75, 3.05) is 31.6 Å². The molecule has 0 saturated carbocycles. The standard InChI is InChI=1S/C21H31N3O2/c1-5-24-10-8-17(14-24)21(3,4)26-11-9-16-6-7-19-18(12-16)20(13-22-19)23-15(2)25/h6-7,12-13,17,22H,5,8-11,14H2,1-4H3,(H,23,25). The molecule has 1 saturated heterocycles. The third-order valence-corrected chi connectivity index (χ3v) is 5.62. The molecule has 142 valence electrons. The zero-order valence-electron chi connectivity index (χ0n) is 16.4. The number of hydrogen-bond acceptors (Lipinski definition) is 3. The van der Waals surface area contributed by atoms with Crippen molar-refractivity contribution in [3.05, 3.63) is 30.0 Å². The number of nitrogens with zero attached hydrogens (tertiary/aromatic N) is 1. The molecule has 0 spiro atoms. The van der Waals surface area contributed by atoms with Crippen LogP contribution in [0, 0.1) is 5.92 Å². The van der Waals surface area contributed by atoms with E-state index in [2.05, 4.69) is 54.2 Å². The smallest absolute Gasteiger partial charge is 0.221 e. The molecule has 1 aromatic carbocycles. The second kappa shape index (κ2) is 7.80. The molecule has 5 heteroatoms. The van der Waals surface area contributed by atoms with Gasteiger partial charge in [-0.25, -0.2) is 0 Å². The van der Waals surface area contributed by atoms with E-state index in [0.717, 1.165) is 36.1 Å². The van der Waals surface area contributed by atoms with E-state index in [1.165, 1.54) is 25.5 Å². The molecular weight excluding hydrogens is 326 g/mol. The minimum atomic E-state index is -0.0938. The van der Waals surface area contributed by atoms with Gasteiger partial charge in [0.2, 0.25) is 5.91 Å². The van der Waals surface area contributed by atoms with Crippen molar-refractivity contribution >= 4 is 22.5 Å². The van der Waals surface area contributed by atoms with E-state index in [-0.39, 0.29) is 11.5 Å². The number of ether oxygens (including phenoxy) is 1. The minimum Gasteiger partial charge on any atom is -0.375 e. The summed E-state index contributed by atoms with van der Waals surface area (Å²) in [6, 6.07) is 6.33. The number of fused-ring (bicyclic) bond motifs is 1. The molecule has 0 aliphatic carbocycles. The number of carbonyl (C=O) groups excluding carboxylic acids is 1. The molecule has 1 aliphatic heterocycles. The number of amides is 1. The largest absolute Gasteiger partial charge is 0.375 e. The molecule has 2 aromatic rings. The third-order valence-electron chi connectivity index (χ3n) is 5.62. The predicted octanol–water partition coefficient (Wildman–Crippen LogP) is 3.81. The Morgan fingerprint density at radius 3 is 2.92 bits per heavy atom. The van der Waals surface area contributed by atoms with Crippen LogP contribution in [-0.4, -0.2) is 47.6 Å². The highest BCUT2D eigenvalue weighted by atomic mass is 16.5. The number of likely N-dealkylation sites (tertiary alicyclic amines) is 1. The lowest BCUT2D eigenvalue weighted by Gasteiger charge is -2.32. The van der Waals surface area contributed by atoms with Crippen molar-refractivity contribution in [3.63, 3.8) is 0 Å². The van der Waals surface area contributed by atoms with E-state index in [4.69, 9.17) is 4.74 Å². The van der Waals surface area contributed by atoms with Crippen LogP contribution in [0.25, 0.3) is 10.9 Å². The van der Waals surface area contributed by atoms with Crippen LogP contribution in [0.5, 0.6) is 0 Å². The third kappa shape index (κ3) is 4.27. The van der Waals surface area contributed by atoms with Gasteiger partial charge in [-0.2, -0.15) is 0 Å². The summed E-state index contributed by atoms with van der Waals surface area (Å²) in [4.78, 5) is 17.0. The molecule has 1 fully saturated rings. The first-order chi connectivity index (χ1) is 12.4. The Morgan fingerprint density at radius 1 is 1.42 bits per heavy atom. The van der Waals surface area contributed by atoms with Crippen molar-refractivity contribution in [2.24, 2.45) is 5.92 Å². The highest BCUT2D eigenvalue weighted by molar-refractivity contribution is 6.01. The van der Waals surface area contributed by atoms with Gasteiger partial charge in [-0.3, -0.25) is 4.79 Å². The van der Waals surface area contributed by atoms with Gasteiger partial charge in [0.25, 0.3) is 0 Å². The Balaban J connectivity index is 1.60. The predicted molar refractivity (Wildman–Crippen MR) is 107 cm³/mol. The number of hydrogen-bond donors (Lipinski definition) is 2. The normalized spacial score (nSPS) is 18.5. The highest BCUT2D eigenvalue weighted by Crippen LogP contribution is 2.30. The number of carbonyl (C=O) groups is 1. The lowest BCUT2D eigenvalue weighted by atomic mass is 9.90. The van der Waals surface area contributed by atoms with Crippen molar-refractivity contribution < 1.29 is 9.53 Å². The van der Waals surface area contributed by atoms with Gasteiger partial charge < -0.3 is 19.9 Å². The molecule has 5 nitrogen and oxygen atoms in total. The molecule has 2 N–H and O–H groups in total. The topological polar surface area (TPSA) is 57.4 Å². The Kier molecular flexibility index (Phi) is 5.68. The van der Waals surface area contributed by atoms with Gasteiger partial charge in [-0.1, -0.05) is 13.0 Å². The number of nitrogens with one attached hydrogen (secondary N) is 2.